The van der Waals surface area contributed by atoms with E-state index in [0.29, 0.717) is 16.8 Å². The molecule has 2 atom stereocenters. The molecule has 6 heteroatoms. The normalized spacial score (nSPS) is 14.2. The first-order valence-electron chi connectivity index (χ1n) is 5.72. The molecule has 0 saturated heterocycles. The van der Waals surface area contributed by atoms with Crippen molar-refractivity contribution >= 4 is 23.4 Å². The van der Waals surface area contributed by atoms with Gasteiger partial charge in [-0.15, -0.1) is 0 Å². The molecule has 0 aliphatic heterocycles. The molecule has 0 aliphatic carbocycles. The lowest BCUT2D eigenvalue weighted by molar-refractivity contribution is 0.226. The lowest BCUT2D eigenvalue weighted by Gasteiger charge is -2.20. The third-order valence-corrected chi connectivity index (χ3v) is 2.86. The number of anilines is 2. The number of hydrogen-bond acceptors (Lipinski definition) is 5. The van der Waals surface area contributed by atoms with Crippen molar-refractivity contribution in [3.05, 3.63) is 11.2 Å². The van der Waals surface area contributed by atoms with Crippen molar-refractivity contribution in [2.24, 2.45) is 5.92 Å². The van der Waals surface area contributed by atoms with Crippen molar-refractivity contribution in [3.63, 3.8) is 0 Å². The molecule has 0 aromatic carbocycles. The summed E-state index contributed by atoms with van der Waals surface area (Å²) in [6.45, 7) is 6.78. The first-order chi connectivity index (χ1) is 8.08. The standard InChI is InChI=1S/C11H19ClN4O/c1-4-13-11-14-5-9(12)10(16-11)15-8(3)7(2)6-17/h5,7-8,17H,4,6H2,1-3H3,(H2,13,14,15,16). The van der Waals surface area contributed by atoms with Gasteiger partial charge in [0.05, 0.1) is 6.20 Å². The second-order valence-electron chi connectivity index (χ2n) is 4.01. The van der Waals surface area contributed by atoms with E-state index in [2.05, 4.69) is 20.6 Å². The van der Waals surface area contributed by atoms with Gasteiger partial charge in [0.2, 0.25) is 5.95 Å². The maximum Gasteiger partial charge on any atom is 0.224 e. The quantitative estimate of drug-likeness (QED) is 0.728. The number of halogens is 1. The molecule has 1 heterocycles. The summed E-state index contributed by atoms with van der Waals surface area (Å²) in [6.07, 6.45) is 1.56. The fourth-order valence-corrected chi connectivity index (χ4v) is 1.37. The molecule has 0 fully saturated rings. The Bertz CT molecular complexity index is 361. The van der Waals surface area contributed by atoms with E-state index in [-0.39, 0.29) is 18.6 Å². The van der Waals surface area contributed by atoms with Crippen molar-refractivity contribution in [2.45, 2.75) is 26.8 Å². The Labute approximate surface area is 107 Å². The van der Waals surface area contributed by atoms with Crippen molar-refractivity contribution in [1.29, 1.82) is 0 Å². The molecular formula is C11H19ClN4O. The number of hydrogen-bond donors (Lipinski definition) is 3. The van der Waals surface area contributed by atoms with Gasteiger partial charge in [-0.25, -0.2) is 4.98 Å². The fourth-order valence-electron chi connectivity index (χ4n) is 1.23. The molecular weight excluding hydrogens is 240 g/mol. The van der Waals surface area contributed by atoms with Crippen LogP contribution in [0.15, 0.2) is 6.20 Å². The van der Waals surface area contributed by atoms with E-state index >= 15 is 0 Å². The number of nitrogens with one attached hydrogen (secondary N) is 2. The van der Waals surface area contributed by atoms with E-state index < -0.39 is 0 Å². The van der Waals surface area contributed by atoms with E-state index in [1.165, 1.54) is 0 Å². The van der Waals surface area contributed by atoms with Crippen LogP contribution in [-0.4, -0.2) is 34.3 Å². The third kappa shape index (κ3) is 4.02. The topological polar surface area (TPSA) is 70.1 Å². The first-order valence-corrected chi connectivity index (χ1v) is 6.10. The number of aliphatic hydroxyl groups excluding tert-OH is 1. The predicted octanol–water partition coefficient (Wildman–Crippen LogP) is 1.99. The molecule has 5 nitrogen and oxygen atoms in total. The van der Waals surface area contributed by atoms with Gasteiger partial charge in [-0.05, 0) is 19.8 Å². The van der Waals surface area contributed by atoms with Crippen LogP contribution in [0.5, 0.6) is 0 Å². The molecule has 3 N–H and O–H groups in total. The summed E-state index contributed by atoms with van der Waals surface area (Å²) in [5.74, 6) is 1.26. The van der Waals surface area contributed by atoms with Gasteiger partial charge in [0.15, 0.2) is 5.82 Å². The Balaban J connectivity index is 2.78. The van der Waals surface area contributed by atoms with Gasteiger partial charge >= 0.3 is 0 Å². The summed E-state index contributed by atoms with van der Waals surface area (Å²) in [5.41, 5.74) is 0. The molecule has 2 unspecified atom stereocenters. The monoisotopic (exact) mass is 258 g/mol. The fraction of sp³-hybridized carbons (Fsp3) is 0.636. The molecule has 1 rings (SSSR count). The van der Waals surface area contributed by atoms with Crippen LogP contribution in [0.1, 0.15) is 20.8 Å². The number of aliphatic hydroxyl groups is 1. The Hall–Kier alpha value is -1.07. The zero-order chi connectivity index (χ0) is 12.8. The molecule has 96 valence electrons. The van der Waals surface area contributed by atoms with Gasteiger partial charge in [0.25, 0.3) is 0 Å². The lowest BCUT2D eigenvalue weighted by Crippen LogP contribution is -2.27. The largest absolute Gasteiger partial charge is 0.396 e. The highest BCUT2D eigenvalue weighted by molar-refractivity contribution is 6.32. The van der Waals surface area contributed by atoms with Crippen LogP contribution < -0.4 is 10.6 Å². The van der Waals surface area contributed by atoms with Gasteiger partial charge in [-0.2, -0.15) is 4.98 Å². The first kappa shape index (κ1) is 14.0. The molecule has 0 spiro atoms. The summed E-state index contributed by atoms with van der Waals surface area (Å²) in [7, 11) is 0. The minimum Gasteiger partial charge on any atom is -0.396 e. The van der Waals surface area contributed by atoms with Crippen molar-refractivity contribution < 1.29 is 5.11 Å². The van der Waals surface area contributed by atoms with E-state index in [9.17, 15) is 0 Å². The molecule has 0 radical (unpaired) electrons. The van der Waals surface area contributed by atoms with Gasteiger partial charge in [-0.3, -0.25) is 0 Å². The SMILES string of the molecule is CCNc1ncc(Cl)c(NC(C)C(C)CO)n1. The van der Waals surface area contributed by atoms with Gasteiger partial charge < -0.3 is 15.7 Å². The van der Waals surface area contributed by atoms with Crippen molar-refractivity contribution in [1.82, 2.24) is 9.97 Å². The van der Waals surface area contributed by atoms with Crippen LogP contribution in [0, 0.1) is 5.92 Å². The second-order valence-corrected chi connectivity index (χ2v) is 4.42. The summed E-state index contributed by atoms with van der Waals surface area (Å²) < 4.78 is 0. The summed E-state index contributed by atoms with van der Waals surface area (Å²) in [4.78, 5) is 8.33. The number of rotatable bonds is 6. The van der Waals surface area contributed by atoms with Crippen LogP contribution in [-0.2, 0) is 0 Å². The molecule has 0 aliphatic rings. The van der Waals surface area contributed by atoms with Gasteiger partial charge in [-0.1, -0.05) is 18.5 Å². The summed E-state index contributed by atoms with van der Waals surface area (Å²) in [6, 6.07) is 0.0851. The Morgan fingerprint density at radius 2 is 2.18 bits per heavy atom. The zero-order valence-corrected chi connectivity index (χ0v) is 11.1. The minimum absolute atomic E-state index is 0.0851. The molecule has 0 saturated carbocycles. The van der Waals surface area contributed by atoms with E-state index in [1.807, 2.05) is 20.8 Å². The maximum absolute atomic E-state index is 9.07. The van der Waals surface area contributed by atoms with Crippen LogP contribution in [0.3, 0.4) is 0 Å². The summed E-state index contributed by atoms with van der Waals surface area (Å²) in [5, 5.41) is 15.7. The van der Waals surface area contributed by atoms with Gasteiger partial charge in [0, 0.05) is 19.2 Å². The Kier molecular flexibility index (Phi) is 5.44. The van der Waals surface area contributed by atoms with E-state index in [1.54, 1.807) is 6.20 Å². The molecule has 1 aromatic heterocycles. The zero-order valence-electron chi connectivity index (χ0n) is 10.4. The molecule has 17 heavy (non-hydrogen) atoms. The second kappa shape index (κ2) is 6.61. The highest BCUT2D eigenvalue weighted by atomic mass is 35.5. The molecule has 1 aromatic rings. The van der Waals surface area contributed by atoms with Crippen LogP contribution >= 0.6 is 11.6 Å². The van der Waals surface area contributed by atoms with Crippen LogP contribution in [0.4, 0.5) is 11.8 Å². The Morgan fingerprint density at radius 3 is 2.76 bits per heavy atom. The predicted molar refractivity (Wildman–Crippen MR) is 70.5 cm³/mol. The molecule has 0 amide bonds. The van der Waals surface area contributed by atoms with E-state index in [0.717, 1.165) is 6.54 Å². The average molecular weight is 259 g/mol. The third-order valence-electron chi connectivity index (χ3n) is 2.58. The van der Waals surface area contributed by atoms with Crippen LogP contribution in [0.2, 0.25) is 5.02 Å². The van der Waals surface area contributed by atoms with Crippen molar-refractivity contribution in [2.75, 3.05) is 23.8 Å². The molecule has 0 bridgehead atoms. The van der Waals surface area contributed by atoms with Crippen molar-refractivity contribution in [3.8, 4) is 0 Å². The minimum atomic E-state index is 0.0851. The van der Waals surface area contributed by atoms with E-state index in [4.69, 9.17) is 16.7 Å². The summed E-state index contributed by atoms with van der Waals surface area (Å²) >= 11 is 6.01. The lowest BCUT2D eigenvalue weighted by atomic mass is 10.1. The highest BCUT2D eigenvalue weighted by Gasteiger charge is 2.13. The Morgan fingerprint density at radius 1 is 1.47 bits per heavy atom. The number of nitrogens with zero attached hydrogens (tertiary/aromatic N) is 2. The smallest absolute Gasteiger partial charge is 0.224 e. The van der Waals surface area contributed by atoms with Gasteiger partial charge in [0.1, 0.15) is 5.02 Å². The highest BCUT2D eigenvalue weighted by Crippen LogP contribution is 2.21. The maximum atomic E-state index is 9.07. The number of aromatic nitrogens is 2. The van der Waals surface area contributed by atoms with Crippen LogP contribution in [0.25, 0.3) is 0 Å². The average Bonchev–Trinajstić information content (AvgIpc) is 2.32.